The van der Waals surface area contributed by atoms with E-state index in [1.807, 2.05) is 0 Å². The van der Waals surface area contributed by atoms with Crippen LogP contribution in [0, 0.1) is 11.8 Å². The summed E-state index contributed by atoms with van der Waals surface area (Å²) in [6.45, 7) is 4.58. The molecule has 0 aromatic carbocycles. The molecular weight excluding hydrogens is 282 g/mol. The van der Waals surface area contributed by atoms with E-state index >= 15 is 0 Å². The molecule has 1 aromatic heterocycles. The summed E-state index contributed by atoms with van der Waals surface area (Å²) < 4.78 is 5.94. The van der Waals surface area contributed by atoms with Gasteiger partial charge in [0, 0.05) is 6.04 Å². The third-order valence-corrected chi connectivity index (χ3v) is 4.23. The number of anilines is 1. The first-order chi connectivity index (χ1) is 8.11. The first-order valence-electron chi connectivity index (χ1n) is 5.95. The highest BCUT2D eigenvalue weighted by Gasteiger charge is 2.30. The van der Waals surface area contributed by atoms with Gasteiger partial charge >= 0.3 is 0 Å². The van der Waals surface area contributed by atoms with Crippen molar-refractivity contribution in [1.29, 1.82) is 0 Å². The average Bonchev–Trinajstić information content (AvgIpc) is 2.63. The number of methoxy groups -OCH3 is 1. The van der Waals surface area contributed by atoms with E-state index in [-0.39, 0.29) is 0 Å². The van der Waals surface area contributed by atoms with E-state index in [0.717, 1.165) is 10.4 Å². The Kier molecular flexibility index (Phi) is 3.86. The quantitative estimate of drug-likeness (QED) is 0.932. The molecule has 4 nitrogen and oxygen atoms in total. The van der Waals surface area contributed by atoms with E-state index in [1.54, 1.807) is 13.3 Å². The maximum Gasteiger partial charge on any atom is 0.232 e. The number of nitrogens with one attached hydrogen (secondary N) is 1. The predicted molar refractivity (Wildman–Crippen MR) is 71.3 cm³/mol. The smallest absolute Gasteiger partial charge is 0.232 e. The molecule has 3 atom stereocenters. The van der Waals surface area contributed by atoms with Crippen molar-refractivity contribution in [2.45, 2.75) is 32.7 Å². The van der Waals surface area contributed by atoms with Gasteiger partial charge in [0.15, 0.2) is 0 Å². The molecule has 0 amide bonds. The second-order valence-electron chi connectivity index (χ2n) is 4.72. The molecule has 1 N–H and O–H groups in total. The molecule has 94 valence electrons. The molecule has 0 bridgehead atoms. The summed E-state index contributed by atoms with van der Waals surface area (Å²) in [4.78, 5) is 8.58. The first-order valence-corrected chi connectivity index (χ1v) is 6.74. The van der Waals surface area contributed by atoms with E-state index in [4.69, 9.17) is 4.74 Å². The first kappa shape index (κ1) is 12.6. The van der Waals surface area contributed by atoms with Gasteiger partial charge in [-0.05, 0) is 40.6 Å². The third kappa shape index (κ3) is 2.70. The van der Waals surface area contributed by atoms with E-state index in [9.17, 15) is 0 Å². The summed E-state index contributed by atoms with van der Waals surface area (Å²) in [6.07, 6.45) is 4.17. The zero-order valence-corrected chi connectivity index (χ0v) is 12.0. The van der Waals surface area contributed by atoms with Crippen molar-refractivity contribution in [3.8, 4) is 5.88 Å². The van der Waals surface area contributed by atoms with Gasteiger partial charge in [0.2, 0.25) is 11.8 Å². The van der Waals surface area contributed by atoms with Gasteiger partial charge in [-0.3, -0.25) is 0 Å². The van der Waals surface area contributed by atoms with Gasteiger partial charge in [0.1, 0.15) is 0 Å². The van der Waals surface area contributed by atoms with Crippen LogP contribution in [0.1, 0.15) is 26.7 Å². The Morgan fingerprint density at radius 2 is 2.18 bits per heavy atom. The summed E-state index contributed by atoms with van der Waals surface area (Å²) in [6, 6.07) is 0.468. The lowest BCUT2D eigenvalue weighted by atomic mass is 9.98. The highest BCUT2D eigenvalue weighted by Crippen LogP contribution is 2.33. The molecule has 2 rings (SSSR count). The van der Waals surface area contributed by atoms with E-state index in [1.165, 1.54) is 12.8 Å². The van der Waals surface area contributed by atoms with Gasteiger partial charge in [0.05, 0.1) is 17.8 Å². The molecule has 1 saturated carbocycles. The van der Waals surface area contributed by atoms with Crippen LogP contribution in [0.3, 0.4) is 0 Å². The number of nitrogens with zero attached hydrogens (tertiary/aromatic N) is 2. The highest BCUT2D eigenvalue weighted by molar-refractivity contribution is 9.10. The molecule has 1 fully saturated rings. The fraction of sp³-hybridized carbons (Fsp3) is 0.667. The molecule has 0 spiro atoms. The molecule has 1 aromatic rings. The Morgan fingerprint density at radius 3 is 2.76 bits per heavy atom. The van der Waals surface area contributed by atoms with Crippen LogP contribution in [-0.4, -0.2) is 23.1 Å². The van der Waals surface area contributed by atoms with Crippen LogP contribution in [0.25, 0.3) is 0 Å². The SMILES string of the molecule is COc1nc(NC2CCC(C)C2C)ncc1Br. The molecule has 0 radical (unpaired) electrons. The molecule has 1 aliphatic rings. The van der Waals surface area contributed by atoms with Gasteiger partial charge in [-0.1, -0.05) is 13.8 Å². The maximum atomic E-state index is 5.16. The van der Waals surface area contributed by atoms with Crippen LogP contribution in [0.5, 0.6) is 5.88 Å². The summed E-state index contributed by atoms with van der Waals surface area (Å²) in [5.41, 5.74) is 0. The predicted octanol–water partition coefficient (Wildman–Crippen LogP) is 3.09. The molecular formula is C12H18BrN3O. The average molecular weight is 300 g/mol. The number of hydrogen-bond donors (Lipinski definition) is 1. The van der Waals surface area contributed by atoms with Gasteiger partial charge in [-0.2, -0.15) is 4.98 Å². The minimum absolute atomic E-state index is 0.468. The van der Waals surface area contributed by atoms with Crippen LogP contribution in [0.15, 0.2) is 10.7 Å². The Balaban J connectivity index is 2.09. The third-order valence-electron chi connectivity index (χ3n) is 3.69. The molecule has 0 aliphatic heterocycles. The molecule has 1 heterocycles. The number of ether oxygens (including phenoxy) is 1. The number of aromatic nitrogens is 2. The van der Waals surface area contributed by atoms with Crippen LogP contribution >= 0.6 is 15.9 Å². The van der Waals surface area contributed by atoms with Gasteiger partial charge in [-0.25, -0.2) is 4.98 Å². The minimum Gasteiger partial charge on any atom is -0.480 e. The Bertz CT molecular complexity index is 399. The largest absolute Gasteiger partial charge is 0.480 e. The Hall–Kier alpha value is -0.840. The molecule has 5 heteroatoms. The number of halogens is 1. The van der Waals surface area contributed by atoms with Crippen LogP contribution in [0.4, 0.5) is 5.95 Å². The Morgan fingerprint density at radius 1 is 1.41 bits per heavy atom. The van der Waals surface area contributed by atoms with Crippen molar-refractivity contribution < 1.29 is 4.74 Å². The Labute approximate surface area is 110 Å². The topological polar surface area (TPSA) is 47.0 Å². The summed E-state index contributed by atoms with van der Waals surface area (Å²) in [7, 11) is 1.61. The molecule has 1 aliphatic carbocycles. The lowest BCUT2D eigenvalue weighted by Gasteiger charge is -2.19. The van der Waals surface area contributed by atoms with Crippen molar-refractivity contribution in [3.63, 3.8) is 0 Å². The standard InChI is InChI=1S/C12H18BrN3O/c1-7-4-5-10(8(7)2)15-12-14-6-9(13)11(16-12)17-3/h6-8,10H,4-5H2,1-3H3,(H,14,15,16). The van der Waals surface area contributed by atoms with Crippen LogP contribution in [0.2, 0.25) is 0 Å². The van der Waals surface area contributed by atoms with E-state index < -0.39 is 0 Å². The summed E-state index contributed by atoms with van der Waals surface area (Å²) in [5.74, 6) is 2.65. The minimum atomic E-state index is 0.468. The van der Waals surface area contributed by atoms with Crippen molar-refractivity contribution in [2.24, 2.45) is 11.8 Å². The normalized spacial score (nSPS) is 28.1. The molecule has 0 saturated heterocycles. The zero-order valence-electron chi connectivity index (χ0n) is 10.4. The van der Waals surface area contributed by atoms with Crippen LogP contribution < -0.4 is 10.1 Å². The zero-order chi connectivity index (χ0) is 12.4. The van der Waals surface area contributed by atoms with E-state index in [2.05, 4.69) is 45.1 Å². The van der Waals surface area contributed by atoms with Gasteiger partial charge in [0.25, 0.3) is 0 Å². The van der Waals surface area contributed by atoms with Gasteiger partial charge < -0.3 is 10.1 Å². The van der Waals surface area contributed by atoms with Crippen molar-refractivity contribution in [2.75, 3.05) is 12.4 Å². The lowest BCUT2D eigenvalue weighted by Crippen LogP contribution is -2.25. The fourth-order valence-electron chi connectivity index (χ4n) is 2.30. The summed E-state index contributed by atoms with van der Waals surface area (Å²) >= 11 is 3.35. The van der Waals surface area contributed by atoms with Crippen LogP contribution in [-0.2, 0) is 0 Å². The van der Waals surface area contributed by atoms with Gasteiger partial charge in [-0.15, -0.1) is 0 Å². The summed E-state index contributed by atoms with van der Waals surface area (Å²) in [5, 5.41) is 3.40. The lowest BCUT2D eigenvalue weighted by molar-refractivity contribution is 0.393. The number of hydrogen-bond acceptors (Lipinski definition) is 4. The second kappa shape index (κ2) is 5.21. The fourth-order valence-corrected chi connectivity index (χ4v) is 2.65. The van der Waals surface area contributed by atoms with E-state index in [0.29, 0.717) is 23.8 Å². The van der Waals surface area contributed by atoms with Crippen molar-refractivity contribution >= 4 is 21.9 Å². The number of rotatable bonds is 3. The molecule has 17 heavy (non-hydrogen) atoms. The monoisotopic (exact) mass is 299 g/mol. The van der Waals surface area contributed by atoms with Crippen molar-refractivity contribution in [3.05, 3.63) is 10.7 Å². The molecule has 3 unspecified atom stereocenters. The maximum absolute atomic E-state index is 5.16. The second-order valence-corrected chi connectivity index (χ2v) is 5.57. The van der Waals surface area contributed by atoms with Crippen molar-refractivity contribution in [1.82, 2.24) is 9.97 Å². The highest BCUT2D eigenvalue weighted by atomic mass is 79.9.